The van der Waals surface area contributed by atoms with E-state index >= 15 is 0 Å². The number of nitriles is 1. The van der Waals surface area contributed by atoms with Crippen LogP contribution < -0.4 is 14.8 Å². The average Bonchev–Trinajstić information content (AvgIpc) is 3.61. The monoisotopic (exact) mass is 456 g/mol. The second kappa shape index (κ2) is 9.32. The Morgan fingerprint density at radius 1 is 1.09 bits per heavy atom. The van der Waals surface area contributed by atoms with Gasteiger partial charge in [-0.25, -0.2) is 0 Å². The Labute approximate surface area is 197 Å². The van der Waals surface area contributed by atoms with E-state index in [1.165, 1.54) is 0 Å². The Kier molecular flexibility index (Phi) is 5.91. The van der Waals surface area contributed by atoms with Gasteiger partial charge >= 0.3 is 0 Å². The second-order valence-electron chi connectivity index (χ2n) is 8.36. The lowest BCUT2D eigenvalue weighted by atomic mass is 10.1. The Morgan fingerprint density at radius 2 is 1.88 bits per heavy atom. The third-order valence-electron chi connectivity index (χ3n) is 6.14. The third kappa shape index (κ3) is 4.33. The molecule has 172 valence electrons. The van der Waals surface area contributed by atoms with Gasteiger partial charge in [0.2, 0.25) is 12.7 Å². The fraction of sp³-hybridized carbons (Fsp3) is 0.269. The highest BCUT2D eigenvalue weighted by Crippen LogP contribution is 2.32. The van der Waals surface area contributed by atoms with Crippen molar-refractivity contribution in [3.8, 4) is 17.6 Å². The Hall–Kier alpha value is -4.25. The lowest BCUT2D eigenvalue weighted by Gasteiger charge is -2.15. The normalized spacial score (nSPS) is 14.9. The summed E-state index contributed by atoms with van der Waals surface area (Å²) in [5.41, 5.74) is 2.44. The molecule has 3 heterocycles. The summed E-state index contributed by atoms with van der Waals surface area (Å²) in [4.78, 5) is 27.3. The van der Waals surface area contributed by atoms with E-state index in [1.807, 2.05) is 58.1 Å². The Morgan fingerprint density at radius 3 is 2.71 bits per heavy atom. The smallest absolute Gasteiger partial charge is 0.262 e. The first-order chi connectivity index (χ1) is 16.6. The van der Waals surface area contributed by atoms with Gasteiger partial charge in [0.15, 0.2) is 11.5 Å². The van der Waals surface area contributed by atoms with Crippen molar-refractivity contribution < 1.29 is 19.1 Å². The summed E-state index contributed by atoms with van der Waals surface area (Å²) in [5, 5.41) is 13.3. The predicted molar refractivity (Wildman–Crippen MR) is 126 cm³/mol. The number of carbonyl (C=O) groups excluding carboxylic acids is 2. The Bertz CT molecular complexity index is 1330. The van der Waals surface area contributed by atoms with Crippen LogP contribution in [0.2, 0.25) is 0 Å². The molecule has 5 rings (SSSR count). The molecule has 1 N–H and O–H groups in total. The molecule has 0 spiro atoms. The average molecular weight is 457 g/mol. The summed E-state index contributed by atoms with van der Waals surface area (Å²) in [6.45, 7) is 2.26. The van der Waals surface area contributed by atoms with E-state index in [0.717, 1.165) is 48.0 Å². The molecule has 34 heavy (non-hydrogen) atoms. The lowest BCUT2D eigenvalue weighted by Crippen LogP contribution is -2.30. The van der Waals surface area contributed by atoms with Crippen LogP contribution in [-0.4, -0.2) is 41.2 Å². The van der Waals surface area contributed by atoms with Crippen molar-refractivity contribution in [3.63, 3.8) is 0 Å². The van der Waals surface area contributed by atoms with E-state index in [9.17, 15) is 14.9 Å². The number of benzene rings is 2. The van der Waals surface area contributed by atoms with Crippen molar-refractivity contribution in [1.82, 2.24) is 14.8 Å². The molecule has 2 aliphatic rings. The van der Waals surface area contributed by atoms with E-state index in [2.05, 4.69) is 5.32 Å². The van der Waals surface area contributed by atoms with Gasteiger partial charge in [-0.2, -0.15) is 5.26 Å². The zero-order valence-corrected chi connectivity index (χ0v) is 18.6. The van der Waals surface area contributed by atoms with Gasteiger partial charge in [-0.15, -0.1) is 0 Å². The SMILES string of the molecule is N#CC(=Cc1cn(CC(=O)N2CCCC2)c2ccccc12)C(=O)NCc1ccc2c(c1)OCO2. The van der Waals surface area contributed by atoms with Crippen LogP contribution in [0, 0.1) is 11.3 Å². The standard InChI is InChI=1S/C26H24N4O4/c27-13-19(26(32)28-14-18-7-8-23-24(11-18)34-17-33-23)12-20-15-30(22-6-2-1-5-21(20)22)16-25(31)29-9-3-4-10-29/h1-2,5-8,11-12,15H,3-4,9-10,14,16-17H2,(H,28,32). The van der Waals surface area contributed by atoms with Crippen LogP contribution in [0.4, 0.5) is 0 Å². The van der Waals surface area contributed by atoms with Gasteiger partial charge in [-0.1, -0.05) is 24.3 Å². The first-order valence-electron chi connectivity index (χ1n) is 11.3. The van der Waals surface area contributed by atoms with Gasteiger partial charge in [0.05, 0.1) is 0 Å². The summed E-state index contributed by atoms with van der Waals surface area (Å²) in [6, 6.07) is 15.1. The van der Waals surface area contributed by atoms with Crippen LogP contribution in [0.1, 0.15) is 24.0 Å². The van der Waals surface area contributed by atoms with Crippen molar-refractivity contribution in [1.29, 1.82) is 5.26 Å². The number of para-hydroxylation sites is 1. The highest BCUT2D eigenvalue weighted by Gasteiger charge is 2.20. The molecular formula is C26H24N4O4. The predicted octanol–water partition coefficient (Wildman–Crippen LogP) is 3.22. The minimum absolute atomic E-state index is 0.00508. The minimum Gasteiger partial charge on any atom is -0.454 e. The van der Waals surface area contributed by atoms with Crippen LogP contribution in [0.5, 0.6) is 11.5 Å². The van der Waals surface area contributed by atoms with Crippen molar-refractivity contribution in [2.45, 2.75) is 25.9 Å². The summed E-state index contributed by atoms with van der Waals surface area (Å²) >= 11 is 0. The number of ether oxygens (including phenoxy) is 2. The van der Waals surface area contributed by atoms with Crippen molar-refractivity contribution in [3.05, 3.63) is 65.4 Å². The molecule has 1 saturated heterocycles. The highest BCUT2D eigenvalue weighted by atomic mass is 16.7. The Balaban J connectivity index is 1.35. The second-order valence-corrected chi connectivity index (χ2v) is 8.36. The molecule has 8 heteroatoms. The molecule has 2 aromatic carbocycles. The zero-order chi connectivity index (χ0) is 23.5. The number of rotatable bonds is 6. The van der Waals surface area contributed by atoms with Crippen LogP contribution in [0.25, 0.3) is 17.0 Å². The molecule has 0 atom stereocenters. The van der Waals surface area contributed by atoms with E-state index in [4.69, 9.17) is 9.47 Å². The zero-order valence-electron chi connectivity index (χ0n) is 18.6. The number of hydrogen-bond donors (Lipinski definition) is 1. The number of carbonyl (C=O) groups is 2. The highest BCUT2D eigenvalue weighted by molar-refractivity contribution is 6.04. The van der Waals surface area contributed by atoms with Crippen molar-refractivity contribution in [2.24, 2.45) is 0 Å². The number of nitrogens with zero attached hydrogens (tertiary/aromatic N) is 3. The molecule has 0 bridgehead atoms. The fourth-order valence-corrected chi connectivity index (χ4v) is 4.37. The molecule has 0 saturated carbocycles. The maximum atomic E-state index is 12.8. The van der Waals surface area contributed by atoms with Crippen LogP contribution in [-0.2, 0) is 22.7 Å². The van der Waals surface area contributed by atoms with E-state index in [-0.39, 0.29) is 31.4 Å². The third-order valence-corrected chi connectivity index (χ3v) is 6.14. The van der Waals surface area contributed by atoms with Gasteiger partial charge in [-0.3, -0.25) is 9.59 Å². The van der Waals surface area contributed by atoms with Gasteiger partial charge in [-0.05, 0) is 42.7 Å². The fourth-order valence-electron chi connectivity index (χ4n) is 4.37. The molecule has 2 amide bonds. The van der Waals surface area contributed by atoms with E-state index in [0.29, 0.717) is 11.5 Å². The summed E-state index contributed by atoms with van der Waals surface area (Å²) < 4.78 is 12.6. The topological polar surface area (TPSA) is 96.6 Å². The largest absolute Gasteiger partial charge is 0.454 e. The van der Waals surface area contributed by atoms with Gasteiger partial charge in [0.1, 0.15) is 18.2 Å². The summed E-state index contributed by atoms with van der Waals surface area (Å²) in [6.07, 6.45) is 5.49. The van der Waals surface area contributed by atoms with Gasteiger partial charge in [0, 0.05) is 42.3 Å². The number of fused-ring (bicyclic) bond motifs is 2. The lowest BCUT2D eigenvalue weighted by molar-refractivity contribution is -0.130. The maximum absolute atomic E-state index is 12.8. The molecule has 2 aliphatic heterocycles. The summed E-state index contributed by atoms with van der Waals surface area (Å²) in [7, 11) is 0. The molecule has 0 unspecified atom stereocenters. The van der Waals surface area contributed by atoms with Crippen LogP contribution >= 0.6 is 0 Å². The number of hydrogen-bond acceptors (Lipinski definition) is 5. The van der Waals surface area contributed by atoms with Gasteiger partial charge in [0.25, 0.3) is 5.91 Å². The molecule has 1 fully saturated rings. The number of nitrogens with one attached hydrogen (secondary N) is 1. The molecule has 1 aromatic heterocycles. The van der Waals surface area contributed by atoms with Crippen LogP contribution in [0.15, 0.2) is 54.2 Å². The first kappa shape index (κ1) is 21.6. The molecular weight excluding hydrogens is 432 g/mol. The molecule has 3 aromatic rings. The maximum Gasteiger partial charge on any atom is 0.262 e. The number of aromatic nitrogens is 1. The van der Waals surface area contributed by atoms with Crippen LogP contribution in [0.3, 0.4) is 0 Å². The molecule has 0 aliphatic carbocycles. The quantitative estimate of drug-likeness (QED) is 0.454. The molecule has 0 radical (unpaired) electrons. The van der Waals surface area contributed by atoms with E-state index < -0.39 is 5.91 Å². The van der Waals surface area contributed by atoms with Crippen molar-refractivity contribution >= 4 is 28.8 Å². The van der Waals surface area contributed by atoms with Crippen molar-refractivity contribution in [2.75, 3.05) is 19.9 Å². The summed E-state index contributed by atoms with van der Waals surface area (Å²) in [5.74, 6) is 0.923. The van der Waals surface area contributed by atoms with Gasteiger partial charge < -0.3 is 24.3 Å². The minimum atomic E-state index is -0.467. The number of likely N-dealkylation sites (tertiary alicyclic amines) is 1. The number of amides is 2. The molecule has 8 nitrogen and oxygen atoms in total. The van der Waals surface area contributed by atoms with E-state index in [1.54, 1.807) is 12.1 Å². The first-order valence-corrected chi connectivity index (χ1v) is 11.3.